The first-order valence-electron chi connectivity index (χ1n) is 15.7. The summed E-state index contributed by atoms with van der Waals surface area (Å²) in [6, 6.07) is 64.8. The van der Waals surface area contributed by atoms with Crippen LogP contribution in [0.2, 0.25) is 0 Å². The van der Waals surface area contributed by atoms with Gasteiger partial charge in [0.1, 0.15) is 0 Å². The molecule has 218 valence electrons. The molecule has 2 nitrogen and oxygen atoms in total. The summed E-state index contributed by atoms with van der Waals surface area (Å²) in [7, 11) is 0. The monoisotopic (exact) mass is 588 g/mol. The predicted octanol–water partition coefficient (Wildman–Crippen LogP) is 12.5. The highest BCUT2D eigenvalue weighted by Gasteiger charge is 2.17. The normalized spacial score (nSPS) is 11.0. The molecule has 0 aliphatic heterocycles. The van der Waals surface area contributed by atoms with Crippen LogP contribution in [0.1, 0.15) is 0 Å². The fraction of sp³-hybridized carbons (Fsp3) is 0. The van der Waals surface area contributed by atoms with Crippen molar-refractivity contribution in [3.8, 4) is 33.4 Å². The Bertz CT molecular complexity index is 2130. The molecule has 2 N–H and O–H groups in total. The van der Waals surface area contributed by atoms with E-state index in [1.165, 1.54) is 54.9 Å². The molecule has 8 aromatic rings. The minimum absolute atomic E-state index is 1.05. The number of para-hydroxylation sites is 2. The molecule has 0 aromatic heterocycles. The summed E-state index contributed by atoms with van der Waals surface area (Å²) in [4.78, 5) is 0. The molecule has 0 aliphatic rings. The van der Waals surface area contributed by atoms with Gasteiger partial charge in [0.05, 0.1) is 0 Å². The van der Waals surface area contributed by atoms with E-state index >= 15 is 0 Å². The van der Waals surface area contributed by atoms with Gasteiger partial charge in [0.15, 0.2) is 0 Å². The van der Waals surface area contributed by atoms with Crippen molar-refractivity contribution >= 4 is 44.3 Å². The van der Waals surface area contributed by atoms with E-state index in [4.69, 9.17) is 0 Å². The number of fused-ring (bicyclic) bond motifs is 2. The van der Waals surface area contributed by atoms with Crippen molar-refractivity contribution in [1.82, 2.24) is 0 Å². The summed E-state index contributed by atoms with van der Waals surface area (Å²) in [5, 5.41) is 12.2. The van der Waals surface area contributed by atoms with Gasteiger partial charge in [0.25, 0.3) is 0 Å². The standard InChI is InChI=1S/C44H32N2/c1-3-17-33(18-4-1)45-35-25-27-41(43(29-35)39-23-11-15-31-13-7-9-21-37(31)39)42-28-26-36(46-34-19-5-2-6-20-34)30-44(42)40-24-12-16-32-14-8-10-22-38(32)40/h1-30,45-46H. The van der Waals surface area contributed by atoms with Crippen molar-refractivity contribution in [2.24, 2.45) is 0 Å². The van der Waals surface area contributed by atoms with E-state index in [0.717, 1.165) is 22.7 Å². The van der Waals surface area contributed by atoms with E-state index in [-0.39, 0.29) is 0 Å². The Hall–Kier alpha value is -6.12. The maximum Gasteiger partial charge on any atom is 0.0390 e. The van der Waals surface area contributed by atoms with Crippen LogP contribution in [-0.4, -0.2) is 0 Å². The van der Waals surface area contributed by atoms with E-state index in [1.807, 2.05) is 12.1 Å². The van der Waals surface area contributed by atoms with Gasteiger partial charge in [-0.3, -0.25) is 0 Å². The third-order valence-corrected chi connectivity index (χ3v) is 8.61. The molecular weight excluding hydrogens is 556 g/mol. The molecule has 0 saturated heterocycles. The van der Waals surface area contributed by atoms with Crippen molar-refractivity contribution in [2.45, 2.75) is 0 Å². The van der Waals surface area contributed by atoms with Gasteiger partial charge in [-0.1, -0.05) is 133 Å². The Morgan fingerprint density at radius 3 is 1.09 bits per heavy atom. The highest BCUT2D eigenvalue weighted by atomic mass is 14.9. The summed E-state index contributed by atoms with van der Waals surface area (Å²) >= 11 is 0. The summed E-state index contributed by atoms with van der Waals surface area (Å²) in [5.74, 6) is 0. The van der Waals surface area contributed by atoms with Crippen molar-refractivity contribution < 1.29 is 0 Å². The van der Waals surface area contributed by atoms with E-state index in [0.29, 0.717) is 0 Å². The van der Waals surface area contributed by atoms with Gasteiger partial charge in [-0.15, -0.1) is 0 Å². The van der Waals surface area contributed by atoms with Gasteiger partial charge < -0.3 is 10.6 Å². The lowest BCUT2D eigenvalue weighted by atomic mass is 9.86. The second kappa shape index (κ2) is 12.1. The van der Waals surface area contributed by atoms with Crippen molar-refractivity contribution in [2.75, 3.05) is 10.6 Å². The zero-order valence-electron chi connectivity index (χ0n) is 25.3. The summed E-state index contributed by atoms with van der Waals surface area (Å²) in [5.41, 5.74) is 11.4. The number of hydrogen-bond donors (Lipinski definition) is 2. The summed E-state index contributed by atoms with van der Waals surface area (Å²) in [6.45, 7) is 0. The first-order chi connectivity index (χ1) is 22.8. The summed E-state index contributed by atoms with van der Waals surface area (Å²) < 4.78 is 0. The SMILES string of the molecule is c1ccc(Nc2ccc(-c3ccc(Nc4ccccc4)cc3-c3cccc4ccccc34)c(-c3cccc4ccccc34)c2)cc1. The highest BCUT2D eigenvalue weighted by Crippen LogP contribution is 2.44. The first-order valence-corrected chi connectivity index (χ1v) is 15.7. The molecule has 46 heavy (non-hydrogen) atoms. The molecule has 0 aliphatic carbocycles. The molecule has 8 aromatic carbocycles. The smallest absolute Gasteiger partial charge is 0.0390 e. The third kappa shape index (κ3) is 5.38. The molecule has 0 heterocycles. The number of benzene rings is 8. The minimum Gasteiger partial charge on any atom is -0.356 e. The molecule has 0 fully saturated rings. The largest absolute Gasteiger partial charge is 0.356 e. The van der Waals surface area contributed by atoms with E-state index < -0.39 is 0 Å². The van der Waals surface area contributed by atoms with Crippen molar-refractivity contribution in [3.63, 3.8) is 0 Å². The predicted molar refractivity (Wildman–Crippen MR) is 197 cm³/mol. The zero-order valence-corrected chi connectivity index (χ0v) is 25.3. The fourth-order valence-electron chi connectivity index (χ4n) is 6.46. The van der Waals surface area contributed by atoms with Crippen molar-refractivity contribution in [1.29, 1.82) is 0 Å². The van der Waals surface area contributed by atoms with Gasteiger partial charge in [-0.25, -0.2) is 0 Å². The van der Waals surface area contributed by atoms with Gasteiger partial charge in [-0.2, -0.15) is 0 Å². The Morgan fingerprint density at radius 2 is 0.630 bits per heavy atom. The molecule has 2 heteroatoms. The third-order valence-electron chi connectivity index (χ3n) is 8.61. The maximum atomic E-state index is 3.64. The minimum atomic E-state index is 1.05. The molecule has 0 unspecified atom stereocenters. The lowest BCUT2D eigenvalue weighted by Crippen LogP contribution is -1.96. The topological polar surface area (TPSA) is 24.1 Å². The Morgan fingerprint density at radius 1 is 0.239 bits per heavy atom. The average molecular weight is 589 g/mol. The first kappa shape index (κ1) is 27.4. The van der Waals surface area contributed by atoms with Crippen LogP contribution in [0.4, 0.5) is 22.7 Å². The van der Waals surface area contributed by atoms with Crippen LogP contribution < -0.4 is 10.6 Å². The second-order valence-electron chi connectivity index (χ2n) is 11.6. The summed E-state index contributed by atoms with van der Waals surface area (Å²) in [6.07, 6.45) is 0. The highest BCUT2D eigenvalue weighted by molar-refractivity contribution is 6.06. The molecule has 0 bridgehead atoms. The van der Waals surface area contributed by atoms with Gasteiger partial charge in [0, 0.05) is 22.7 Å². The quantitative estimate of drug-likeness (QED) is 0.193. The van der Waals surface area contributed by atoms with Crippen molar-refractivity contribution in [3.05, 3.63) is 182 Å². The van der Waals surface area contributed by atoms with E-state index in [2.05, 4.69) is 180 Å². The van der Waals surface area contributed by atoms with Gasteiger partial charge >= 0.3 is 0 Å². The van der Waals surface area contributed by atoms with Gasteiger partial charge in [0.2, 0.25) is 0 Å². The Balaban J connectivity index is 1.37. The number of hydrogen-bond acceptors (Lipinski definition) is 2. The van der Waals surface area contributed by atoms with Crippen LogP contribution in [0.15, 0.2) is 182 Å². The van der Waals surface area contributed by atoms with Crippen LogP contribution >= 0.6 is 0 Å². The molecule has 0 saturated carbocycles. The van der Waals surface area contributed by atoms with E-state index in [1.54, 1.807) is 0 Å². The lowest BCUT2D eigenvalue weighted by molar-refractivity contribution is 1.52. The molecule has 0 radical (unpaired) electrons. The second-order valence-corrected chi connectivity index (χ2v) is 11.6. The Kier molecular flexibility index (Phi) is 7.22. The zero-order chi connectivity index (χ0) is 30.7. The fourth-order valence-corrected chi connectivity index (χ4v) is 6.46. The van der Waals surface area contributed by atoms with Crippen LogP contribution in [0.25, 0.3) is 54.9 Å². The number of anilines is 4. The van der Waals surface area contributed by atoms with E-state index in [9.17, 15) is 0 Å². The molecule has 8 rings (SSSR count). The number of nitrogens with one attached hydrogen (secondary N) is 2. The maximum absolute atomic E-state index is 3.64. The van der Waals surface area contributed by atoms with Crippen LogP contribution in [-0.2, 0) is 0 Å². The molecular formula is C44H32N2. The molecule has 0 spiro atoms. The lowest BCUT2D eigenvalue weighted by Gasteiger charge is -2.20. The average Bonchev–Trinajstić information content (AvgIpc) is 3.12. The van der Waals surface area contributed by atoms with Crippen LogP contribution in [0.5, 0.6) is 0 Å². The van der Waals surface area contributed by atoms with Crippen LogP contribution in [0, 0.1) is 0 Å². The van der Waals surface area contributed by atoms with Crippen LogP contribution in [0.3, 0.4) is 0 Å². The molecule has 0 amide bonds. The van der Waals surface area contributed by atoms with Gasteiger partial charge in [-0.05, 0) is 103 Å². The molecule has 0 atom stereocenters. The Labute approximate surface area is 269 Å². The number of rotatable bonds is 7.